The molecule has 0 spiro atoms. The van der Waals surface area contributed by atoms with Crippen LogP contribution in [0.25, 0.3) is 0 Å². The molecular weight excluding hydrogens is 344 g/mol. The highest BCUT2D eigenvalue weighted by atomic mass is 32.2. The molecule has 0 radical (unpaired) electrons. The number of esters is 1. The Kier molecular flexibility index (Phi) is 4.83. The number of anilines is 1. The molecule has 136 valence electrons. The van der Waals surface area contributed by atoms with Crippen molar-refractivity contribution in [1.82, 2.24) is 4.31 Å². The maximum Gasteiger partial charge on any atom is 0.308 e. The van der Waals surface area contributed by atoms with Crippen LogP contribution >= 0.6 is 0 Å². The van der Waals surface area contributed by atoms with Crippen LogP contribution in [0.3, 0.4) is 0 Å². The van der Waals surface area contributed by atoms with Gasteiger partial charge in [0.05, 0.1) is 17.9 Å². The lowest BCUT2D eigenvalue weighted by Gasteiger charge is -2.30. The van der Waals surface area contributed by atoms with E-state index >= 15 is 0 Å². The van der Waals surface area contributed by atoms with Crippen molar-refractivity contribution >= 4 is 27.6 Å². The summed E-state index contributed by atoms with van der Waals surface area (Å²) in [7, 11) is -2.25. The summed E-state index contributed by atoms with van der Waals surface area (Å²) in [5, 5.41) is 0. The van der Waals surface area contributed by atoms with Gasteiger partial charge in [0, 0.05) is 32.2 Å². The van der Waals surface area contributed by atoms with E-state index in [1.165, 1.54) is 18.3 Å². The fraction of sp³-hybridized carbons (Fsp3) is 0.529. The van der Waals surface area contributed by atoms with Crippen molar-refractivity contribution in [3.05, 3.63) is 23.8 Å². The minimum absolute atomic E-state index is 0.0424. The van der Waals surface area contributed by atoms with E-state index in [4.69, 9.17) is 4.74 Å². The van der Waals surface area contributed by atoms with E-state index in [1.807, 2.05) is 0 Å². The molecule has 0 aliphatic carbocycles. The van der Waals surface area contributed by atoms with E-state index in [9.17, 15) is 18.0 Å². The average molecular weight is 366 g/mol. The molecule has 2 aliphatic rings. The molecule has 0 N–H and O–H groups in total. The van der Waals surface area contributed by atoms with Crippen LogP contribution in [0, 0.1) is 5.92 Å². The van der Waals surface area contributed by atoms with Gasteiger partial charge in [0.2, 0.25) is 15.9 Å². The molecule has 0 aromatic heterocycles. The molecule has 2 aliphatic heterocycles. The van der Waals surface area contributed by atoms with Gasteiger partial charge in [-0.2, -0.15) is 4.31 Å². The molecule has 0 saturated carbocycles. The monoisotopic (exact) mass is 366 g/mol. The Hall–Kier alpha value is -1.93. The third-order valence-corrected chi connectivity index (χ3v) is 6.85. The summed E-state index contributed by atoms with van der Waals surface area (Å²) in [5.41, 5.74) is 1.66. The Bertz CT molecular complexity index is 797. The molecule has 1 aromatic rings. The number of piperidine rings is 1. The second-order valence-electron chi connectivity index (χ2n) is 6.41. The molecule has 8 heteroatoms. The molecule has 0 bridgehead atoms. The van der Waals surface area contributed by atoms with Crippen LogP contribution in [0.15, 0.2) is 23.1 Å². The summed E-state index contributed by atoms with van der Waals surface area (Å²) < 4.78 is 31.9. The second-order valence-corrected chi connectivity index (χ2v) is 8.35. The van der Waals surface area contributed by atoms with E-state index in [1.54, 1.807) is 23.1 Å². The molecule has 25 heavy (non-hydrogen) atoms. The van der Waals surface area contributed by atoms with Crippen molar-refractivity contribution in [3.8, 4) is 0 Å². The number of carbonyl (C=O) groups is 2. The molecule has 1 aromatic carbocycles. The van der Waals surface area contributed by atoms with Gasteiger partial charge in [0.25, 0.3) is 0 Å². The zero-order valence-electron chi connectivity index (χ0n) is 14.4. The number of nitrogens with zero attached hydrogens (tertiary/aromatic N) is 2. The standard InChI is InChI=1S/C17H22N2O5S/c1-12(20)19-10-7-14-11-15(3-4-16(14)19)25(22,23)18-8-5-13(6-9-18)17(21)24-2/h3-4,11,13H,5-10H2,1-2H3. The third kappa shape index (κ3) is 3.28. The van der Waals surface area contributed by atoms with Crippen LogP contribution in [0.1, 0.15) is 25.3 Å². The number of hydrogen-bond donors (Lipinski definition) is 0. The highest BCUT2D eigenvalue weighted by Crippen LogP contribution is 2.32. The van der Waals surface area contributed by atoms with Gasteiger partial charge in [0.15, 0.2) is 0 Å². The largest absolute Gasteiger partial charge is 0.469 e. The first-order valence-electron chi connectivity index (χ1n) is 8.33. The van der Waals surface area contributed by atoms with E-state index < -0.39 is 10.0 Å². The fourth-order valence-electron chi connectivity index (χ4n) is 3.51. The maximum absolute atomic E-state index is 12.9. The smallest absolute Gasteiger partial charge is 0.308 e. The van der Waals surface area contributed by atoms with Gasteiger partial charge < -0.3 is 9.64 Å². The number of hydrogen-bond acceptors (Lipinski definition) is 5. The lowest BCUT2D eigenvalue weighted by atomic mass is 9.99. The Balaban J connectivity index is 1.78. The summed E-state index contributed by atoms with van der Waals surface area (Å²) in [6, 6.07) is 4.93. The molecule has 2 heterocycles. The maximum atomic E-state index is 12.9. The van der Waals surface area contributed by atoms with Crippen molar-refractivity contribution in [2.45, 2.75) is 31.1 Å². The first kappa shape index (κ1) is 17.9. The van der Waals surface area contributed by atoms with Crippen molar-refractivity contribution in [3.63, 3.8) is 0 Å². The van der Waals surface area contributed by atoms with Crippen LogP contribution in [-0.2, 0) is 30.8 Å². The predicted octanol–water partition coefficient (Wildman–Crippen LogP) is 1.17. The van der Waals surface area contributed by atoms with Crippen molar-refractivity contribution < 1.29 is 22.7 Å². The van der Waals surface area contributed by atoms with E-state index in [2.05, 4.69) is 0 Å². The predicted molar refractivity (Wildman–Crippen MR) is 91.7 cm³/mol. The quantitative estimate of drug-likeness (QED) is 0.750. The number of fused-ring (bicyclic) bond motifs is 1. The molecule has 0 unspecified atom stereocenters. The molecule has 3 rings (SSSR count). The first-order chi connectivity index (χ1) is 11.8. The summed E-state index contributed by atoms with van der Waals surface area (Å²) in [5.74, 6) is -0.557. The number of ether oxygens (including phenoxy) is 1. The Morgan fingerprint density at radius 3 is 2.44 bits per heavy atom. The topological polar surface area (TPSA) is 84.0 Å². The van der Waals surface area contributed by atoms with Crippen LogP contribution in [0.2, 0.25) is 0 Å². The minimum Gasteiger partial charge on any atom is -0.469 e. The van der Waals surface area contributed by atoms with Crippen LogP contribution < -0.4 is 4.90 Å². The van der Waals surface area contributed by atoms with Gasteiger partial charge in [-0.05, 0) is 43.0 Å². The molecule has 1 saturated heterocycles. The Morgan fingerprint density at radius 1 is 1.16 bits per heavy atom. The SMILES string of the molecule is COC(=O)C1CCN(S(=O)(=O)c2ccc3c(c2)CCN3C(C)=O)CC1. The lowest BCUT2D eigenvalue weighted by Crippen LogP contribution is -2.40. The highest BCUT2D eigenvalue weighted by molar-refractivity contribution is 7.89. The summed E-state index contributed by atoms with van der Waals surface area (Å²) in [6.45, 7) is 2.70. The third-order valence-electron chi connectivity index (χ3n) is 4.95. The summed E-state index contributed by atoms with van der Waals surface area (Å²) >= 11 is 0. The van der Waals surface area contributed by atoms with Crippen molar-refractivity contribution in [1.29, 1.82) is 0 Å². The van der Waals surface area contributed by atoms with Gasteiger partial charge in [-0.1, -0.05) is 0 Å². The number of rotatable bonds is 3. The van der Waals surface area contributed by atoms with Gasteiger partial charge in [0.1, 0.15) is 0 Å². The number of amides is 1. The minimum atomic E-state index is -3.60. The molecule has 1 fully saturated rings. The van der Waals surface area contributed by atoms with Gasteiger partial charge in [-0.25, -0.2) is 8.42 Å². The van der Waals surface area contributed by atoms with Crippen LogP contribution in [0.5, 0.6) is 0 Å². The Morgan fingerprint density at radius 2 is 1.84 bits per heavy atom. The number of sulfonamides is 1. The van der Waals surface area contributed by atoms with Gasteiger partial charge in [-0.3, -0.25) is 9.59 Å². The fourth-order valence-corrected chi connectivity index (χ4v) is 5.03. The summed E-state index contributed by atoms with van der Waals surface area (Å²) in [6.07, 6.45) is 1.59. The molecular formula is C17H22N2O5S. The molecule has 1 amide bonds. The van der Waals surface area contributed by atoms with Crippen LogP contribution in [-0.4, -0.2) is 51.3 Å². The van der Waals surface area contributed by atoms with E-state index in [0.29, 0.717) is 38.9 Å². The lowest BCUT2D eigenvalue weighted by molar-refractivity contribution is -0.146. The first-order valence-corrected chi connectivity index (χ1v) is 9.77. The molecule has 0 atom stereocenters. The summed E-state index contributed by atoms with van der Waals surface area (Å²) in [4.78, 5) is 25.1. The van der Waals surface area contributed by atoms with Gasteiger partial charge in [-0.15, -0.1) is 0 Å². The number of carbonyl (C=O) groups excluding carboxylic acids is 2. The highest BCUT2D eigenvalue weighted by Gasteiger charge is 2.33. The second kappa shape index (κ2) is 6.76. The zero-order chi connectivity index (χ0) is 18.2. The number of benzene rings is 1. The normalized spacial score (nSPS) is 18.9. The van der Waals surface area contributed by atoms with E-state index in [-0.39, 0.29) is 22.7 Å². The average Bonchev–Trinajstić information content (AvgIpc) is 3.04. The van der Waals surface area contributed by atoms with Gasteiger partial charge >= 0.3 is 5.97 Å². The van der Waals surface area contributed by atoms with Crippen molar-refractivity contribution in [2.75, 3.05) is 31.6 Å². The molecule has 7 nitrogen and oxygen atoms in total. The van der Waals surface area contributed by atoms with Crippen LogP contribution in [0.4, 0.5) is 5.69 Å². The zero-order valence-corrected chi connectivity index (χ0v) is 15.2. The Labute approximate surface area is 147 Å². The number of methoxy groups -OCH3 is 1. The van der Waals surface area contributed by atoms with Crippen molar-refractivity contribution in [2.24, 2.45) is 5.92 Å². The van der Waals surface area contributed by atoms with E-state index in [0.717, 1.165) is 11.3 Å².